The Labute approximate surface area is 99.4 Å². The summed E-state index contributed by atoms with van der Waals surface area (Å²) in [4.78, 5) is 0. The molecule has 0 fully saturated rings. The highest BCUT2D eigenvalue weighted by Crippen LogP contribution is 2.17. The smallest absolute Gasteiger partial charge is 0.0353 e. The quantitative estimate of drug-likeness (QED) is 0.302. The van der Waals surface area contributed by atoms with Gasteiger partial charge >= 0.3 is 0 Å². The molecule has 0 rings (SSSR count). The third-order valence-corrected chi connectivity index (χ3v) is 4.33. The summed E-state index contributed by atoms with van der Waals surface area (Å²) in [5.41, 5.74) is 0. The van der Waals surface area contributed by atoms with Crippen molar-refractivity contribution in [2.75, 3.05) is 12.3 Å². The third kappa shape index (κ3) is 14.4. The average Bonchev–Trinajstić information content (AvgIpc) is 2.26. The van der Waals surface area contributed by atoms with E-state index in [1.165, 1.54) is 85.1 Å². The zero-order valence-corrected chi connectivity index (χ0v) is 12.0. The molecule has 0 heterocycles. The van der Waals surface area contributed by atoms with E-state index in [-0.39, 0.29) is 0 Å². The van der Waals surface area contributed by atoms with Crippen LogP contribution in [0, 0.1) is 0 Å². The minimum absolute atomic E-state index is 1.26. The van der Waals surface area contributed by atoms with E-state index in [1.807, 2.05) is 0 Å². The van der Waals surface area contributed by atoms with Crippen LogP contribution >= 0.6 is 8.58 Å². The maximum absolute atomic E-state index is 2.29. The molecule has 0 aromatic carbocycles. The third-order valence-electron chi connectivity index (χ3n) is 2.91. The second-order valence-corrected chi connectivity index (χ2v) is 6.08. The summed E-state index contributed by atoms with van der Waals surface area (Å²) < 4.78 is 0. The Hall–Kier alpha value is 0.430. The van der Waals surface area contributed by atoms with Gasteiger partial charge in [0.05, 0.1) is 0 Å². The molecule has 1 unspecified atom stereocenters. The number of unbranched alkanes of at least 4 members (excludes halogenated alkanes) is 8. The van der Waals surface area contributed by atoms with Crippen LogP contribution in [0.4, 0.5) is 0 Å². The topological polar surface area (TPSA) is 0 Å². The van der Waals surface area contributed by atoms with Gasteiger partial charge in [-0.2, -0.15) is 0 Å². The first-order valence-corrected chi connectivity index (χ1v) is 8.54. The van der Waals surface area contributed by atoms with Crippen molar-refractivity contribution in [3.05, 3.63) is 0 Å². The average molecular weight is 230 g/mol. The van der Waals surface area contributed by atoms with Crippen molar-refractivity contribution in [1.82, 2.24) is 0 Å². The molecule has 0 radical (unpaired) electrons. The maximum Gasteiger partial charge on any atom is -0.0353 e. The second-order valence-electron chi connectivity index (χ2n) is 4.58. The van der Waals surface area contributed by atoms with E-state index in [9.17, 15) is 0 Å². The predicted molar refractivity (Wildman–Crippen MR) is 75.6 cm³/mol. The first kappa shape index (κ1) is 15.4. The lowest BCUT2D eigenvalue weighted by Gasteiger charge is -2.02. The molecule has 0 saturated heterocycles. The lowest BCUT2D eigenvalue weighted by atomic mass is 10.1. The Morgan fingerprint density at radius 2 is 0.933 bits per heavy atom. The van der Waals surface area contributed by atoms with Crippen molar-refractivity contribution in [1.29, 1.82) is 0 Å². The molecule has 0 spiro atoms. The minimum Gasteiger partial charge on any atom is -0.122 e. The van der Waals surface area contributed by atoms with Gasteiger partial charge in [-0.05, 0) is 25.2 Å². The van der Waals surface area contributed by atoms with Crippen molar-refractivity contribution < 1.29 is 0 Å². The van der Waals surface area contributed by atoms with Crippen molar-refractivity contribution in [3.63, 3.8) is 0 Å². The van der Waals surface area contributed by atoms with Crippen LogP contribution in [0.1, 0.15) is 78.1 Å². The van der Waals surface area contributed by atoms with Gasteiger partial charge in [-0.15, -0.1) is 8.58 Å². The van der Waals surface area contributed by atoms with Gasteiger partial charge in [0.25, 0.3) is 0 Å². The highest BCUT2D eigenvalue weighted by molar-refractivity contribution is 7.37. The zero-order valence-electron chi connectivity index (χ0n) is 11.0. The fraction of sp³-hybridized carbons (Fsp3) is 1.00. The van der Waals surface area contributed by atoms with E-state index in [0.717, 1.165) is 0 Å². The fourth-order valence-electron chi connectivity index (χ4n) is 1.83. The largest absolute Gasteiger partial charge is 0.122 e. The summed E-state index contributed by atoms with van der Waals surface area (Å²) in [6.45, 7) is 4.58. The molecule has 0 amide bonds. The number of hydrogen-bond acceptors (Lipinski definition) is 0. The summed E-state index contributed by atoms with van der Waals surface area (Å²) in [7, 11) is 1.26. The standard InChI is InChI=1S/C14H31P/c1-3-5-7-9-10-12-14-15-13-11-8-6-4-2/h15H,3-14H2,1-2H3. The van der Waals surface area contributed by atoms with Crippen molar-refractivity contribution in [2.45, 2.75) is 78.1 Å². The Kier molecular flexibility index (Phi) is 14.8. The highest BCUT2D eigenvalue weighted by Gasteiger charge is 1.92. The van der Waals surface area contributed by atoms with Crippen LogP contribution in [0.2, 0.25) is 0 Å². The van der Waals surface area contributed by atoms with Gasteiger partial charge in [0.1, 0.15) is 0 Å². The number of hydrogen-bond donors (Lipinski definition) is 0. The molecule has 0 aliphatic heterocycles. The molecule has 1 atom stereocenters. The summed E-state index contributed by atoms with van der Waals surface area (Å²) in [5.74, 6) is 0. The Morgan fingerprint density at radius 3 is 1.47 bits per heavy atom. The first-order chi connectivity index (χ1) is 7.41. The fourth-order valence-corrected chi connectivity index (χ4v) is 3.08. The molecule has 0 aromatic heterocycles. The van der Waals surface area contributed by atoms with Crippen molar-refractivity contribution >= 4 is 8.58 Å². The Morgan fingerprint density at radius 1 is 0.533 bits per heavy atom. The highest BCUT2D eigenvalue weighted by atomic mass is 31.1. The molecule has 1 heteroatoms. The van der Waals surface area contributed by atoms with Gasteiger partial charge in [0, 0.05) is 0 Å². The van der Waals surface area contributed by atoms with E-state index >= 15 is 0 Å². The van der Waals surface area contributed by atoms with Crippen LogP contribution < -0.4 is 0 Å². The van der Waals surface area contributed by atoms with Crippen LogP contribution in [0.25, 0.3) is 0 Å². The van der Waals surface area contributed by atoms with Crippen molar-refractivity contribution in [2.24, 2.45) is 0 Å². The maximum atomic E-state index is 2.29. The molecule has 0 aliphatic rings. The minimum atomic E-state index is 1.26. The monoisotopic (exact) mass is 230 g/mol. The van der Waals surface area contributed by atoms with Crippen LogP contribution in [-0.2, 0) is 0 Å². The number of rotatable bonds is 12. The Bertz CT molecular complexity index is 89.5. The van der Waals surface area contributed by atoms with Crippen LogP contribution in [-0.4, -0.2) is 12.3 Å². The molecular formula is C14H31P. The molecule has 0 nitrogen and oxygen atoms in total. The normalized spacial score (nSPS) is 11.6. The first-order valence-electron chi connectivity index (χ1n) is 7.12. The SMILES string of the molecule is CCCCCCCCPCCCCCC. The van der Waals surface area contributed by atoms with Gasteiger partial charge in [0.2, 0.25) is 0 Å². The van der Waals surface area contributed by atoms with Crippen LogP contribution in [0.3, 0.4) is 0 Å². The predicted octanol–water partition coefficient (Wildman–Crippen LogP) is 5.61. The van der Waals surface area contributed by atoms with Crippen LogP contribution in [0.5, 0.6) is 0 Å². The second kappa shape index (κ2) is 14.4. The van der Waals surface area contributed by atoms with Gasteiger partial charge < -0.3 is 0 Å². The molecule has 0 N–H and O–H groups in total. The van der Waals surface area contributed by atoms with E-state index in [2.05, 4.69) is 13.8 Å². The van der Waals surface area contributed by atoms with Gasteiger partial charge in [-0.3, -0.25) is 0 Å². The summed E-state index contributed by atoms with van der Waals surface area (Å²) in [6, 6.07) is 0. The lowest BCUT2D eigenvalue weighted by Crippen LogP contribution is -1.84. The molecule has 0 bridgehead atoms. The molecule has 92 valence electrons. The van der Waals surface area contributed by atoms with E-state index < -0.39 is 0 Å². The summed E-state index contributed by atoms with van der Waals surface area (Å²) >= 11 is 0. The van der Waals surface area contributed by atoms with E-state index in [1.54, 1.807) is 0 Å². The summed E-state index contributed by atoms with van der Waals surface area (Å²) in [6.07, 6.45) is 17.6. The van der Waals surface area contributed by atoms with Crippen molar-refractivity contribution in [3.8, 4) is 0 Å². The molecule has 0 saturated carbocycles. The van der Waals surface area contributed by atoms with E-state index in [0.29, 0.717) is 0 Å². The van der Waals surface area contributed by atoms with Gasteiger partial charge in [-0.25, -0.2) is 0 Å². The zero-order chi connectivity index (χ0) is 11.2. The van der Waals surface area contributed by atoms with Gasteiger partial charge in [-0.1, -0.05) is 65.2 Å². The summed E-state index contributed by atoms with van der Waals surface area (Å²) in [5, 5.41) is 0. The van der Waals surface area contributed by atoms with Crippen LogP contribution in [0.15, 0.2) is 0 Å². The molecular weight excluding hydrogens is 199 g/mol. The molecule has 0 aliphatic carbocycles. The van der Waals surface area contributed by atoms with E-state index in [4.69, 9.17) is 0 Å². The molecule has 0 aromatic rings. The van der Waals surface area contributed by atoms with Gasteiger partial charge in [0.15, 0.2) is 0 Å². The Balaban J connectivity index is 2.81. The lowest BCUT2D eigenvalue weighted by molar-refractivity contribution is 0.626. The molecule has 15 heavy (non-hydrogen) atoms.